The van der Waals surface area contributed by atoms with Crippen molar-refractivity contribution in [3.63, 3.8) is 0 Å². The molecule has 1 aliphatic rings. The maximum absolute atomic E-state index is 12.7. The molecule has 0 aliphatic heterocycles. The van der Waals surface area contributed by atoms with Gasteiger partial charge in [0.25, 0.3) is 0 Å². The Bertz CT molecular complexity index is 770. The standard InChI is InChI=1S/C21H28O8/c1-6-9-29-14-8-7-12(10-15(14)26-3)16-17(19(23)27-4)13(22)11-21(2,25)18(16)20(24)28-5/h7-8,10,16-18,25H,6,9,11H2,1-5H3/t16-,17+,18-,21+/m0/s1. The van der Waals surface area contributed by atoms with E-state index in [0.717, 1.165) is 6.42 Å². The van der Waals surface area contributed by atoms with Crippen molar-refractivity contribution in [3.8, 4) is 11.5 Å². The molecule has 1 fully saturated rings. The molecule has 160 valence electrons. The van der Waals surface area contributed by atoms with Crippen molar-refractivity contribution in [2.75, 3.05) is 27.9 Å². The number of ketones is 1. The van der Waals surface area contributed by atoms with Gasteiger partial charge in [0.2, 0.25) is 0 Å². The van der Waals surface area contributed by atoms with E-state index in [1.807, 2.05) is 6.92 Å². The fourth-order valence-corrected chi connectivity index (χ4v) is 3.89. The summed E-state index contributed by atoms with van der Waals surface area (Å²) in [6.07, 6.45) is 0.442. The molecule has 1 aliphatic carbocycles. The number of methoxy groups -OCH3 is 3. The number of esters is 2. The molecule has 2 rings (SSSR count). The topological polar surface area (TPSA) is 108 Å². The lowest BCUT2D eigenvalue weighted by Crippen LogP contribution is -2.55. The van der Waals surface area contributed by atoms with Crippen molar-refractivity contribution < 1.29 is 38.4 Å². The van der Waals surface area contributed by atoms with Crippen LogP contribution in [0.2, 0.25) is 0 Å². The lowest BCUT2D eigenvalue weighted by Gasteiger charge is -2.43. The van der Waals surface area contributed by atoms with Gasteiger partial charge in [-0.3, -0.25) is 14.4 Å². The molecular weight excluding hydrogens is 380 g/mol. The molecule has 0 unspecified atom stereocenters. The lowest BCUT2D eigenvalue weighted by molar-refractivity contribution is -0.170. The summed E-state index contributed by atoms with van der Waals surface area (Å²) in [6.45, 7) is 3.85. The largest absolute Gasteiger partial charge is 0.493 e. The van der Waals surface area contributed by atoms with E-state index < -0.39 is 41.1 Å². The molecule has 0 saturated heterocycles. The minimum atomic E-state index is -1.69. The van der Waals surface area contributed by atoms with Gasteiger partial charge in [-0.1, -0.05) is 13.0 Å². The third-order valence-electron chi connectivity index (χ3n) is 5.21. The van der Waals surface area contributed by atoms with Crippen LogP contribution in [0.3, 0.4) is 0 Å². The zero-order valence-electron chi connectivity index (χ0n) is 17.4. The van der Waals surface area contributed by atoms with Gasteiger partial charge in [-0.2, -0.15) is 0 Å². The van der Waals surface area contributed by atoms with E-state index in [4.69, 9.17) is 18.9 Å². The highest BCUT2D eigenvalue weighted by molar-refractivity contribution is 6.02. The molecule has 0 radical (unpaired) electrons. The summed E-state index contributed by atoms with van der Waals surface area (Å²) in [4.78, 5) is 37.8. The highest BCUT2D eigenvalue weighted by Crippen LogP contribution is 2.48. The molecule has 0 bridgehead atoms. The van der Waals surface area contributed by atoms with Crippen LogP contribution in [0.1, 0.15) is 38.2 Å². The summed E-state index contributed by atoms with van der Waals surface area (Å²) in [7, 11) is 3.84. The molecule has 29 heavy (non-hydrogen) atoms. The van der Waals surface area contributed by atoms with Crippen LogP contribution in [0, 0.1) is 11.8 Å². The van der Waals surface area contributed by atoms with E-state index in [1.54, 1.807) is 18.2 Å². The molecule has 8 heteroatoms. The molecule has 1 N–H and O–H groups in total. The second-order valence-electron chi connectivity index (χ2n) is 7.29. The third-order valence-corrected chi connectivity index (χ3v) is 5.21. The average molecular weight is 408 g/mol. The van der Waals surface area contributed by atoms with Gasteiger partial charge in [-0.25, -0.2) is 0 Å². The highest BCUT2D eigenvalue weighted by Gasteiger charge is 2.57. The van der Waals surface area contributed by atoms with Gasteiger partial charge in [0.1, 0.15) is 5.92 Å². The lowest BCUT2D eigenvalue weighted by atomic mass is 9.61. The van der Waals surface area contributed by atoms with Crippen LogP contribution in [0.25, 0.3) is 0 Å². The molecule has 0 spiro atoms. The Morgan fingerprint density at radius 2 is 1.79 bits per heavy atom. The van der Waals surface area contributed by atoms with Crippen LogP contribution in [0.5, 0.6) is 11.5 Å². The minimum Gasteiger partial charge on any atom is -0.493 e. The Labute approximate surface area is 170 Å². The van der Waals surface area contributed by atoms with Gasteiger partial charge in [-0.15, -0.1) is 0 Å². The first kappa shape index (κ1) is 22.7. The van der Waals surface area contributed by atoms with Gasteiger partial charge in [0, 0.05) is 12.3 Å². The van der Waals surface area contributed by atoms with E-state index in [0.29, 0.717) is 23.7 Å². The molecule has 1 aromatic rings. The zero-order chi connectivity index (χ0) is 21.8. The smallest absolute Gasteiger partial charge is 0.316 e. The predicted molar refractivity (Wildman–Crippen MR) is 103 cm³/mol. The van der Waals surface area contributed by atoms with E-state index in [9.17, 15) is 19.5 Å². The summed E-state index contributed by atoms with van der Waals surface area (Å²) in [5.41, 5.74) is -1.23. The number of benzene rings is 1. The number of carbonyl (C=O) groups excluding carboxylic acids is 3. The number of carbonyl (C=O) groups is 3. The van der Waals surface area contributed by atoms with Crippen LogP contribution >= 0.6 is 0 Å². The Morgan fingerprint density at radius 1 is 1.14 bits per heavy atom. The Hall–Kier alpha value is -2.61. The molecule has 1 aromatic carbocycles. The van der Waals surface area contributed by atoms with Gasteiger partial charge in [0.05, 0.1) is 39.5 Å². The van der Waals surface area contributed by atoms with Crippen molar-refractivity contribution in [2.45, 2.75) is 38.2 Å². The number of aliphatic hydroxyl groups is 1. The van der Waals surface area contributed by atoms with E-state index in [2.05, 4.69) is 0 Å². The number of Topliss-reactive ketones (excluding diaryl/α,β-unsaturated/α-hetero) is 1. The molecule has 1 saturated carbocycles. The molecular formula is C21H28O8. The molecule has 0 heterocycles. The highest BCUT2D eigenvalue weighted by atomic mass is 16.5. The summed E-state index contributed by atoms with van der Waals surface area (Å²) in [6, 6.07) is 4.91. The number of hydrogen-bond donors (Lipinski definition) is 1. The minimum absolute atomic E-state index is 0.363. The molecule has 0 aromatic heterocycles. The quantitative estimate of drug-likeness (QED) is 0.538. The Balaban J connectivity index is 2.63. The molecule has 4 atom stereocenters. The normalized spacial score (nSPS) is 26.6. The maximum atomic E-state index is 12.7. The maximum Gasteiger partial charge on any atom is 0.316 e. The average Bonchev–Trinajstić information content (AvgIpc) is 2.69. The van der Waals surface area contributed by atoms with E-state index >= 15 is 0 Å². The van der Waals surface area contributed by atoms with Crippen molar-refractivity contribution in [1.82, 2.24) is 0 Å². The number of ether oxygens (including phenoxy) is 4. The van der Waals surface area contributed by atoms with Crippen LogP contribution < -0.4 is 9.47 Å². The first-order chi connectivity index (χ1) is 13.7. The Kier molecular flexibility index (Phi) is 7.24. The van der Waals surface area contributed by atoms with E-state index in [-0.39, 0.29) is 6.42 Å². The number of hydrogen-bond acceptors (Lipinski definition) is 8. The van der Waals surface area contributed by atoms with Gasteiger partial charge in [0.15, 0.2) is 17.3 Å². The number of rotatable bonds is 7. The summed E-state index contributed by atoms with van der Waals surface area (Å²) in [5, 5.41) is 10.9. The summed E-state index contributed by atoms with van der Waals surface area (Å²) >= 11 is 0. The van der Waals surface area contributed by atoms with Crippen LogP contribution in [0.4, 0.5) is 0 Å². The first-order valence-corrected chi connectivity index (χ1v) is 9.43. The van der Waals surface area contributed by atoms with Crippen molar-refractivity contribution in [1.29, 1.82) is 0 Å². The summed E-state index contributed by atoms with van der Waals surface area (Å²) in [5.74, 6) is -4.49. The van der Waals surface area contributed by atoms with Gasteiger partial charge in [-0.05, 0) is 31.0 Å². The van der Waals surface area contributed by atoms with Crippen LogP contribution in [-0.2, 0) is 23.9 Å². The van der Waals surface area contributed by atoms with Crippen LogP contribution in [0.15, 0.2) is 18.2 Å². The SMILES string of the molecule is CCCOc1ccc([C@H]2[C@H](C(=O)OC)C(=O)C[C@@](C)(O)[C@@H]2C(=O)OC)cc1OC. The Morgan fingerprint density at radius 3 is 2.34 bits per heavy atom. The van der Waals surface area contributed by atoms with Crippen LogP contribution in [-0.4, -0.2) is 56.4 Å². The fourth-order valence-electron chi connectivity index (χ4n) is 3.89. The second kappa shape index (κ2) is 9.26. The zero-order valence-corrected chi connectivity index (χ0v) is 17.4. The second-order valence-corrected chi connectivity index (χ2v) is 7.29. The monoisotopic (exact) mass is 408 g/mol. The van der Waals surface area contributed by atoms with Gasteiger partial charge >= 0.3 is 11.9 Å². The molecule has 8 nitrogen and oxygen atoms in total. The van der Waals surface area contributed by atoms with E-state index in [1.165, 1.54) is 28.3 Å². The third kappa shape index (κ3) is 4.53. The predicted octanol–water partition coefficient (Wildman–Crippen LogP) is 1.87. The van der Waals surface area contributed by atoms with Crippen molar-refractivity contribution >= 4 is 17.7 Å². The van der Waals surface area contributed by atoms with Crippen molar-refractivity contribution in [2.24, 2.45) is 11.8 Å². The molecule has 0 amide bonds. The van der Waals surface area contributed by atoms with Gasteiger partial charge < -0.3 is 24.1 Å². The first-order valence-electron chi connectivity index (χ1n) is 9.43. The van der Waals surface area contributed by atoms with Crippen molar-refractivity contribution in [3.05, 3.63) is 23.8 Å². The summed E-state index contributed by atoms with van der Waals surface area (Å²) < 4.78 is 20.8. The fraction of sp³-hybridized carbons (Fsp3) is 0.571.